The number of carbonyl (C=O) groups is 1. The van der Waals surface area contributed by atoms with Gasteiger partial charge in [0.05, 0.1) is 17.9 Å². The number of amides is 1. The van der Waals surface area contributed by atoms with Crippen molar-refractivity contribution in [3.63, 3.8) is 0 Å². The zero-order valence-corrected chi connectivity index (χ0v) is 16.1. The summed E-state index contributed by atoms with van der Waals surface area (Å²) in [5, 5.41) is 13.8. The zero-order valence-electron chi connectivity index (χ0n) is 16.1. The van der Waals surface area contributed by atoms with Crippen molar-refractivity contribution in [3.8, 4) is 0 Å². The van der Waals surface area contributed by atoms with E-state index >= 15 is 0 Å². The van der Waals surface area contributed by atoms with Gasteiger partial charge < -0.3 is 10.1 Å². The van der Waals surface area contributed by atoms with Crippen LogP contribution in [0.1, 0.15) is 41.1 Å². The molecule has 2 aromatic heterocycles. The van der Waals surface area contributed by atoms with Gasteiger partial charge in [-0.15, -0.1) is 0 Å². The van der Waals surface area contributed by atoms with Crippen molar-refractivity contribution < 1.29 is 9.90 Å². The molecule has 2 aliphatic heterocycles. The van der Waals surface area contributed by atoms with Crippen LogP contribution in [0, 0.1) is 13.8 Å². The Morgan fingerprint density at radius 3 is 2.79 bits per heavy atom. The monoisotopic (exact) mass is 380 g/mol. The molecule has 1 fully saturated rings. The summed E-state index contributed by atoms with van der Waals surface area (Å²) in [7, 11) is 0. The Balaban J connectivity index is 1.61. The minimum atomic E-state index is -0.251. The van der Waals surface area contributed by atoms with E-state index in [0.29, 0.717) is 17.0 Å². The molecule has 0 bridgehead atoms. The van der Waals surface area contributed by atoms with Crippen molar-refractivity contribution in [2.75, 3.05) is 13.1 Å². The molecule has 0 spiro atoms. The molecular weight excluding hydrogens is 356 g/mol. The van der Waals surface area contributed by atoms with Gasteiger partial charge in [-0.25, -0.2) is 5.43 Å². The molecule has 1 amide bonds. The van der Waals surface area contributed by atoms with Crippen LogP contribution in [-0.2, 0) is 11.3 Å². The van der Waals surface area contributed by atoms with Crippen LogP contribution in [0.3, 0.4) is 0 Å². The number of aromatic nitrogens is 3. The number of piperidine rings is 1. The van der Waals surface area contributed by atoms with Crippen molar-refractivity contribution in [1.29, 1.82) is 0 Å². The first-order valence-electron chi connectivity index (χ1n) is 9.48. The lowest BCUT2D eigenvalue weighted by Crippen LogP contribution is -2.35. The maximum absolute atomic E-state index is 12.3. The molecule has 0 aliphatic carbocycles. The van der Waals surface area contributed by atoms with E-state index in [9.17, 15) is 9.90 Å². The number of hydrazone groups is 1. The second kappa shape index (κ2) is 7.65. The van der Waals surface area contributed by atoms with Crippen LogP contribution >= 0.6 is 0 Å². The summed E-state index contributed by atoms with van der Waals surface area (Å²) >= 11 is 0. The summed E-state index contributed by atoms with van der Waals surface area (Å²) in [4.78, 5) is 26.4. The van der Waals surface area contributed by atoms with E-state index in [1.807, 2.05) is 6.08 Å². The summed E-state index contributed by atoms with van der Waals surface area (Å²) in [6.07, 6.45) is 8.05. The molecule has 28 heavy (non-hydrogen) atoms. The second-order valence-electron chi connectivity index (χ2n) is 7.32. The number of nitrogens with one attached hydrogen (secondary N) is 2. The lowest BCUT2D eigenvalue weighted by molar-refractivity contribution is -0.116. The van der Waals surface area contributed by atoms with E-state index < -0.39 is 0 Å². The number of aromatic amines is 1. The molecule has 4 rings (SSSR count). The fraction of sp³-hybridized carbons (Fsp3) is 0.400. The van der Waals surface area contributed by atoms with Gasteiger partial charge in [0.2, 0.25) is 0 Å². The number of H-pyrrole nitrogens is 1. The molecule has 8 heteroatoms. The van der Waals surface area contributed by atoms with E-state index in [1.165, 1.54) is 5.56 Å². The highest BCUT2D eigenvalue weighted by Gasteiger charge is 2.26. The molecule has 146 valence electrons. The SMILES string of the molecule is Cc1[nH]c(/C=C2/C(=O)NN=C2c2cnccn2)c(C)c1CN1CCC(O)CC1. The molecular formula is C20H24N6O2. The normalized spacial score (nSPS) is 19.9. The van der Waals surface area contributed by atoms with Crippen LogP contribution in [0.15, 0.2) is 29.3 Å². The van der Waals surface area contributed by atoms with Gasteiger partial charge in [-0.2, -0.15) is 5.10 Å². The van der Waals surface area contributed by atoms with Gasteiger partial charge in [0.1, 0.15) is 11.4 Å². The Labute approximate surface area is 163 Å². The van der Waals surface area contributed by atoms with Crippen molar-refractivity contribution in [1.82, 2.24) is 25.3 Å². The lowest BCUT2D eigenvalue weighted by Gasteiger charge is -2.29. The summed E-state index contributed by atoms with van der Waals surface area (Å²) in [6, 6.07) is 0. The average molecular weight is 380 g/mol. The molecule has 4 heterocycles. The highest BCUT2D eigenvalue weighted by atomic mass is 16.3. The molecule has 3 N–H and O–H groups in total. The molecule has 0 saturated carbocycles. The van der Waals surface area contributed by atoms with Gasteiger partial charge in [-0.3, -0.25) is 19.7 Å². The average Bonchev–Trinajstić information content (AvgIpc) is 3.19. The fourth-order valence-electron chi connectivity index (χ4n) is 3.73. The number of hydrogen-bond donors (Lipinski definition) is 3. The molecule has 2 aliphatic rings. The van der Waals surface area contributed by atoms with Crippen LogP contribution in [0.4, 0.5) is 0 Å². The predicted octanol–water partition coefficient (Wildman–Crippen LogP) is 1.30. The van der Waals surface area contributed by atoms with E-state index in [2.05, 4.69) is 44.2 Å². The van der Waals surface area contributed by atoms with Gasteiger partial charge >= 0.3 is 0 Å². The summed E-state index contributed by atoms with van der Waals surface area (Å²) in [5.74, 6) is -0.251. The first kappa shape index (κ1) is 18.5. The number of aryl methyl sites for hydroxylation is 1. The van der Waals surface area contributed by atoms with E-state index in [1.54, 1.807) is 18.6 Å². The Bertz CT molecular complexity index is 939. The summed E-state index contributed by atoms with van der Waals surface area (Å²) in [6.45, 7) is 6.74. The van der Waals surface area contributed by atoms with Crippen molar-refractivity contribution in [2.24, 2.45) is 5.10 Å². The second-order valence-corrected chi connectivity index (χ2v) is 7.32. The van der Waals surface area contributed by atoms with Crippen LogP contribution < -0.4 is 5.43 Å². The van der Waals surface area contributed by atoms with Crippen molar-refractivity contribution in [3.05, 3.63) is 52.4 Å². The number of aliphatic hydroxyl groups is 1. The third-order valence-electron chi connectivity index (χ3n) is 5.43. The number of likely N-dealkylation sites (tertiary alicyclic amines) is 1. The molecule has 0 atom stereocenters. The van der Waals surface area contributed by atoms with Crippen LogP contribution in [0.5, 0.6) is 0 Å². The summed E-state index contributed by atoms with van der Waals surface area (Å²) < 4.78 is 0. The number of rotatable bonds is 4. The van der Waals surface area contributed by atoms with Crippen LogP contribution in [-0.4, -0.2) is 55.8 Å². The van der Waals surface area contributed by atoms with Gasteiger partial charge in [-0.1, -0.05) is 0 Å². The Hall–Kier alpha value is -2.84. The topological polar surface area (TPSA) is 106 Å². The summed E-state index contributed by atoms with van der Waals surface area (Å²) in [5.41, 5.74) is 8.38. The minimum absolute atomic E-state index is 0.176. The largest absolute Gasteiger partial charge is 0.393 e. The highest BCUT2D eigenvalue weighted by molar-refractivity contribution is 6.32. The quantitative estimate of drug-likeness (QED) is 0.693. The number of carbonyl (C=O) groups excluding carboxylic acids is 1. The van der Waals surface area contributed by atoms with E-state index in [-0.39, 0.29) is 12.0 Å². The van der Waals surface area contributed by atoms with E-state index in [0.717, 1.165) is 49.4 Å². The van der Waals surface area contributed by atoms with Gasteiger partial charge in [0, 0.05) is 43.4 Å². The first-order valence-corrected chi connectivity index (χ1v) is 9.48. The molecule has 0 unspecified atom stereocenters. The number of aliphatic hydroxyl groups excluding tert-OH is 1. The Kier molecular flexibility index (Phi) is 5.06. The van der Waals surface area contributed by atoms with Gasteiger partial charge in [0.15, 0.2) is 0 Å². The molecule has 0 radical (unpaired) electrons. The van der Waals surface area contributed by atoms with Crippen LogP contribution in [0.2, 0.25) is 0 Å². The zero-order chi connectivity index (χ0) is 19.7. The molecule has 0 aromatic carbocycles. The smallest absolute Gasteiger partial charge is 0.273 e. The predicted molar refractivity (Wildman–Crippen MR) is 105 cm³/mol. The van der Waals surface area contributed by atoms with E-state index in [4.69, 9.17) is 0 Å². The Morgan fingerprint density at radius 1 is 1.29 bits per heavy atom. The van der Waals surface area contributed by atoms with Crippen molar-refractivity contribution in [2.45, 2.75) is 39.3 Å². The standard InChI is InChI=1S/C20H24N6O2/c1-12-16(11-26-7-3-14(27)4-8-26)13(2)23-17(12)9-15-19(24-25-20(15)28)18-10-21-5-6-22-18/h5-6,9-10,14,23,27H,3-4,7-8,11H2,1-2H3,(H,25,28)/b15-9+. The van der Waals surface area contributed by atoms with Crippen LogP contribution in [0.25, 0.3) is 6.08 Å². The maximum Gasteiger partial charge on any atom is 0.273 e. The minimum Gasteiger partial charge on any atom is -0.393 e. The third-order valence-corrected chi connectivity index (χ3v) is 5.43. The highest BCUT2D eigenvalue weighted by Crippen LogP contribution is 2.25. The van der Waals surface area contributed by atoms with Crippen molar-refractivity contribution >= 4 is 17.7 Å². The Morgan fingerprint density at radius 2 is 2.07 bits per heavy atom. The lowest BCUT2D eigenvalue weighted by atomic mass is 10.0. The number of hydrogen-bond acceptors (Lipinski definition) is 6. The molecule has 8 nitrogen and oxygen atoms in total. The molecule has 1 saturated heterocycles. The number of nitrogens with zero attached hydrogens (tertiary/aromatic N) is 4. The maximum atomic E-state index is 12.3. The molecule has 2 aromatic rings. The third kappa shape index (κ3) is 3.61. The van der Waals surface area contributed by atoms with Gasteiger partial charge in [0.25, 0.3) is 5.91 Å². The first-order chi connectivity index (χ1) is 13.5. The fourth-order valence-corrected chi connectivity index (χ4v) is 3.73. The van der Waals surface area contributed by atoms with Gasteiger partial charge in [-0.05, 0) is 43.9 Å².